The first-order valence-electron chi connectivity index (χ1n) is 4.86. The Labute approximate surface area is 95.6 Å². The molecule has 17 heavy (non-hydrogen) atoms. The summed E-state index contributed by atoms with van der Waals surface area (Å²) in [4.78, 5) is 12.0. The summed E-state index contributed by atoms with van der Waals surface area (Å²) in [6.07, 6.45) is 4.53. The number of nitrogens with zero attached hydrogens (tertiary/aromatic N) is 5. The normalized spacial score (nSPS) is 10.6. The maximum atomic E-state index is 5.41. The van der Waals surface area contributed by atoms with E-state index in [-0.39, 0.29) is 11.8 Å². The van der Waals surface area contributed by atoms with Crippen LogP contribution in [0.4, 0.5) is 0 Å². The molecule has 7 nitrogen and oxygen atoms in total. The van der Waals surface area contributed by atoms with Gasteiger partial charge >= 0.3 is 0 Å². The zero-order valence-electron chi connectivity index (χ0n) is 8.86. The van der Waals surface area contributed by atoms with Crippen molar-refractivity contribution >= 4 is 0 Å². The van der Waals surface area contributed by atoms with Crippen molar-refractivity contribution in [3.8, 4) is 23.4 Å². The van der Waals surface area contributed by atoms with E-state index in [1.807, 2.05) is 0 Å². The summed E-state index contributed by atoms with van der Waals surface area (Å²) in [6, 6.07) is 1.71. The summed E-state index contributed by atoms with van der Waals surface area (Å²) >= 11 is 0. The molecule has 0 saturated heterocycles. The van der Waals surface area contributed by atoms with E-state index in [2.05, 4.69) is 25.1 Å². The van der Waals surface area contributed by atoms with Crippen LogP contribution in [0.2, 0.25) is 0 Å². The van der Waals surface area contributed by atoms with Crippen LogP contribution in [0, 0.1) is 6.92 Å². The average molecular weight is 229 g/mol. The Kier molecular flexibility index (Phi) is 2.14. The fourth-order valence-corrected chi connectivity index (χ4v) is 1.32. The van der Waals surface area contributed by atoms with Gasteiger partial charge in [0.25, 0.3) is 11.8 Å². The molecule has 0 saturated carbocycles. The van der Waals surface area contributed by atoms with E-state index in [0.29, 0.717) is 17.3 Å². The Hall–Kier alpha value is -2.57. The van der Waals surface area contributed by atoms with Gasteiger partial charge in [-0.2, -0.15) is 0 Å². The molecule has 0 atom stereocenters. The molecule has 0 fully saturated rings. The highest BCUT2D eigenvalue weighted by atomic mass is 16.4. The van der Waals surface area contributed by atoms with Gasteiger partial charge in [-0.05, 0) is 13.0 Å². The topological polar surface area (TPSA) is 90.7 Å². The zero-order valence-corrected chi connectivity index (χ0v) is 8.86. The summed E-state index contributed by atoms with van der Waals surface area (Å²) in [6.45, 7) is 1.79. The molecule has 0 aliphatic carbocycles. The molecule has 0 N–H and O–H groups in total. The van der Waals surface area contributed by atoms with Gasteiger partial charge in [-0.15, -0.1) is 10.2 Å². The van der Waals surface area contributed by atoms with E-state index in [1.54, 1.807) is 25.4 Å². The molecule has 0 unspecified atom stereocenters. The fourth-order valence-electron chi connectivity index (χ4n) is 1.32. The lowest BCUT2D eigenvalue weighted by molar-refractivity contribution is 0.517. The molecule has 0 aliphatic rings. The molecule has 3 rings (SSSR count). The molecular formula is C10H7N5O2. The van der Waals surface area contributed by atoms with Gasteiger partial charge in [0, 0.05) is 12.4 Å². The van der Waals surface area contributed by atoms with Gasteiger partial charge in [-0.3, -0.25) is 0 Å². The minimum atomic E-state index is 0.247. The summed E-state index contributed by atoms with van der Waals surface area (Å²) < 4.78 is 10.6. The lowest BCUT2D eigenvalue weighted by Gasteiger charge is -1.90. The van der Waals surface area contributed by atoms with Gasteiger partial charge in [0.1, 0.15) is 0 Å². The van der Waals surface area contributed by atoms with Crippen molar-refractivity contribution in [3.63, 3.8) is 0 Å². The number of oxazole rings is 1. The van der Waals surface area contributed by atoms with Crippen molar-refractivity contribution in [2.75, 3.05) is 0 Å². The Morgan fingerprint density at radius 2 is 1.76 bits per heavy atom. The molecular weight excluding hydrogens is 222 g/mol. The van der Waals surface area contributed by atoms with Crippen LogP contribution in [0.5, 0.6) is 0 Å². The Bertz CT molecular complexity index is 631. The van der Waals surface area contributed by atoms with Gasteiger partial charge in [-0.1, -0.05) is 0 Å². The Morgan fingerprint density at radius 3 is 2.47 bits per heavy atom. The minimum Gasteiger partial charge on any atom is -0.438 e. The first kappa shape index (κ1) is 9.64. The number of rotatable bonds is 2. The van der Waals surface area contributed by atoms with Crippen molar-refractivity contribution in [2.45, 2.75) is 6.92 Å². The molecule has 0 aliphatic heterocycles. The van der Waals surface area contributed by atoms with Crippen LogP contribution in [-0.4, -0.2) is 25.1 Å². The van der Waals surface area contributed by atoms with Crippen LogP contribution < -0.4 is 0 Å². The van der Waals surface area contributed by atoms with Crippen LogP contribution in [0.25, 0.3) is 23.4 Å². The first-order valence-corrected chi connectivity index (χ1v) is 4.86. The lowest BCUT2D eigenvalue weighted by Crippen LogP contribution is -1.85. The largest absolute Gasteiger partial charge is 0.438 e. The number of aryl methyl sites for hydroxylation is 1. The third-order valence-electron chi connectivity index (χ3n) is 2.12. The lowest BCUT2D eigenvalue weighted by atomic mass is 10.4. The van der Waals surface area contributed by atoms with Crippen LogP contribution in [0.3, 0.4) is 0 Å². The summed E-state index contributed by atoms with van der Waals surface area (Å²) in [5.41, 5.74) is 0.689. The van der Waals surface area contributed by atoms with Crippen molar-refractivity contribution < 1.29 is 8.83 Å². The van der Waals surface area contributed by atoms with Crippen LogP contribution in [0.15, 0.2) is 33.7 Å². The van der Waals surface area contributed by atoms with E-state index in [9.17, 15) is 0 Å². The standard InChI is InChI=1S/C10H7N5O2/c1-6-7(16-5-13-6)9-14-15-10(17-9)8-11-3-2-4-12-8/h2-5H,1H3. The van der Waals surface area contributed by atoms with Crippen molar-refractivity contribution in [1.29, 1.82) is 0 Å². The summed E-state index contributed by atoms with van der Waals surface area (Å²) in [5, 5.41) is 7.72. The highest BCUT2D eigenvalue weighted by Gasteiger charge is 2.16. The molecule has 0 spiro atoms. The summed E-state index contributed by atoms with van der Waals surface area (Å²) in [7, 11) is 0. The number of hydrogen-bond donors (Lipinski definition) is 0. The molecule has 7 heteroatoms. The zero-order chi connectivity index (χ0) is 11.7. The predicted molar refractivity (Wildman–Crippen MR) is 55.6 cm³/mol. The van der Waals surface area contributed by atoms with Gasteiger partial charge < -0.3 is 8.83 Å². The maximum Gasteiger partial charge on any atom is 0.286 e. The molecule has 0 amide bonds. The third-order valence-corrected chi connectivity index (χ3v) is 2.12. The second-order valence-corrected chi connectivity index (χ2v) is 3.25. The van der Waals surface area contributed by atoms with Crippen LogP contribution in [0.1, 0.15) is 5.69 Å². The molecule has 0 bridgehead atoms. The quantitative estimate of drug-likeness (QED) is 0.657. The highest BCUT2D eigenvalue weighted by Crippen LogP contribution is 2.23. The monoisotopic (exact) mass is 229 g/mol. The minimum absolute atomic E-state index is 0.247. The molecule has 84 valence electrons. The Morgan fingerprint density at radius 1 is 1.00 bits per heavy atom. The summed E-state index contributed by atoms with van der Waals surface area (Å²) in [5.74, 6) is 1.35. The van der Waals surface area contributed by atoms with E-state index in [1.165, 1.54) is 6.39 Å². The molecule has 0 aromatic carbocycles. The predicted octanol–water partition coefficient (Wildman–Crippen LogP) is 1.49. The van der Waals surface area contributed by atoms with Gasteiger partial charge in [0.15, 0.2) is 6.39 Å². The van der Waals surface area contributed by atoms with Crippen LogP contribution in [-0.2, 0) is 0 Å². The SMILES string of the molecule is Cc1ncoc1-c1nnc(-c2ncccn2)o1. The maximum absolute atomic E-state index is 5.41. The first-order chi connectivity index (χ1) is 8.34. The molecule has 3 aromatic rings. The van der Waals surface area contributed by atoms with Crippen molar-refractivity contribution in [2.24, 2.45) is 0 Å². The van der Waals surface area contributed by atoms with Crippen molar-refractivity contribution in [3.05, 3.63) is 30.5 Å². The van der Waals surface area contributed by atoms with E-state index >= 15 is 0 Å². The smallest absolute Gasteiger partial charge is 0.286 e. The van der Waals surface area contributed by atoms with Crippen molar-refractivity contribution in [1.82, 2.24) is 25.1 Å². The molecule has 3 heterocycles. The van der Waals surface area contributed by atoms with E-state index < -0.39 is 0 Å². The second kappa shape index (κ2) is 3.78. The highest BCUT2D eigenvalue weighted by molar-refractivity contribution is 5.49. The molecule has 0 radical (unpaired) electrons. The van der Waals surface area contributed by atoms with Gasteiger partial charge in [0.2, 0.25) is 11.6 Å². The Balaban J connectivity index is 2.02. The van der Waals surface area contributed by atoms with Crippen LogP contribution >= 0.6 is 0 Å². The fraction of sp³-hybridized carbons (Fsp3) is 0.100. The molecule has 3 aromatic heterocycles. The number of aromatic nitrogens is 5. The third kappa shape index (κ3) is 1.67. The number of hydrogen-bond acceptors (Lipinski definition) is 7. The van der Waals surface area contributed by atoms with Gasteiger partial charge in [-0.25, -0.2) is 15.0 Å². The second-order valence-electron chi connectivity index (χ2n) is 3.25. The van der Waals surface area contributed by atoms with E-state index in [4.69, 9.17) is 8.83 Å². The van der Waals surface area contributed by atoms with E-state index in [0.717, 1.165) is 0 Å². The average Bonchev–Trinajstić information content (AvgIpc) is 2.98. The van der Waals surface area contributed by atoms with Gasteiger partial charge in [0.05, 0.1) is 5.69 Å².